The molecule has 0 fully saturated rings. The number of aromatic nitrogens is 1. The van der Waals surface area contributed by atoms with E-state index in [4.69, 9.17) is 0 Å². The average Bonchev–Trinajstić information content (AvgIpc) is 2.70. The maximum absolute atomic E-state index is 11.2. The van der Waals surface area contributed by atoms with Crippen molar-refractivity contribution in [1.82, 2.24) is 4.98 Å². The lowest BCUT2D eigenvalue weighted by molar-refractivity contribution is 0.101. The van der Waals surface area contributed by atoms with Crippen molar-refractivity contribution in [2.45, 2.75) is 13.8 Å². The van der Waals surface area contributed by atoms with Crippen LogP contribution in [0.3, 0.4) is 0 Å². The van der Waals surface area contributed by atoms with Crippen LogP contribution in [0.5, 0.6) is 0 Å². The van der Waals surface area contributed by atoms with Crippen LogP contribution in [-0.2, 0) is 0 Å². The number of hydrogen-bond donors (Lipinski definition) is 0. The fourth-order valence-corrected chi connectivity index (χ4v) is 2.68. The maximum Gasteiger partial charge on any atom is 0.178 e. The predicted octanol–water partition coefficient (Wildman–Crippen LogP) is 4.08. The average molecular weight is 296 g/mol. The standard InChI is InChI=1S/C12H10BrNOS/c1-7-3-4-9(13)5-10(7)12-14-11(6-16-12)8(2)15/h3-6H,1-2H3. The Morgan fingerprint density at radius 2 is 2.19 bits per heavy atom. The molecule has 2 nitrogen and oxygen atoms in total. The second-order valence-corrected chi connectivity index (χ2v) is 5.33. The van der Waals surface area contributed by atoms with Crippen molar-refractivity contribution in [2.75, 3.05) is 0 Å². The molecule has 0 saturated carbocycles. The molecular weight excluding hydrogens is 286 g/mol. The molecule has 2 aromatic rings. The minimum absolute atomic E-state index is 0.00940. The number of thiazole rings is 1. The van der Waals surface area contributed by atoms with E-state index in [2.05, 4.69) is 20.9 Å². The number of carbonyl (C=O) groups is 1. The minimum atomic E-state index is 0.00940. The zero-order valence-electron chi connectivity index (χ0n) is 8.95. The van der Waals surface area contributed by atoms with Gasteiger partial charge in [-0.3, -0.25) is 4.79 Å². The molecule has 0 N–H and O–H groups in total. The monoisotopic (exact) mass is 295 g/mol. The van der Waals surface area contributed by atoms with E-state index in [-0.39, 0.29) is 5.78 Å². The molecule has 2 rings (SSSR count). The number of rotatable bonds is 2. The summed E-state index contributed by atoms with van der Waals surface area (Å²) in [5.74, 6) is 0.00940. The van der Waals surface area contributed by atoms with E-state index in [1.165, 1.54) is 18.3 Å². The van der Waals surface area contributed by atoms with Gasteiger partial charge in [0.05, 0.1) is 0 Å². The highest BCUT2D eigenvalue weighted by Crippen LogP contribution is 2.29. The zero-order chi connectivity index (χ0) is 11.7. The Morgan fingerprint density at radius 1 is 1.44 bits per heavy atom. The first-order chi connectivity index (χ1) is 7.58. The second-order valence-electron chi connectivity index (χ2n) is 3.55. The molecule has 1 heterocycles. The molecule has 0 aliphatic rings. The third kappa shape index (κ3) is 2.23. The highest BCUT2D eigenvalue weighted by molar-refractivity contribution is 9.10. The van der Waals surface area contributed by atoms with Gasteiger partial charge in [-0.25, -0.2) is 4.98 Å². The second kappa shape index (κ2) is 4.47. The van der Waals surface area contributed by atoms with Crippen LogP contribution in [0.15, 0.2) is 28.1 Å². The summed E-state index contributed by atoms with van der Waals surface area (Å²) < 4.78 is 1.02. The van der Waals surface area contributed by atoms with Crippen molar-refractivity contribution in [2.24, 2.45) is 0 Å². The highest BCUT2D eigenvalue weighted by Gasteiger charge is 2.10. The van der Waals surface area contributed by atoms with Gasteiger partial charge >= 0.3 is 0 Å². The molecule has 0 unspecified atom stereocenters. The fourth-order valence-electron chi connectivity index (χ4n) is 1.38. The quantitative estimate of drug-likeness (QED) is 0.781. The summed E-state index contributed by atoms with van der Waals surface area (Å²) in [5.41, 5.74) is 2.78. The molecule has 0 aliphatic heterocycles. The molecule has 0 amide bonds. The predicted molar refractivity (Wildman–Crippen MR) is 70.0 cm³/mol. The van der Waals surface area contributed by atoms with Gasteiger partial charge in [-0.2, -0.15) is 0 Å². The maximum atomic E-state index is 11.2. The van der Waals surface area contributed by atoms with E-state index < -0.39 is 0 Å². The van der Waals surface area contributed by atoms with Crippen LogP contribution in [0.4, 0.5) is 0 Å². The Balaban J connectivity index is 2.50. The molecule has 0 radical (unpaired) electrons. The summed E-state index contributed by atoms with van der Waals surface area (Å²) in [6, 6.07) is 6.06. The van der Waals surface area contributed by atoms with Crippen molar-refractivity contribution in [3.8, 4) is 10.6 Å². The molecule has 0 bridgehead atoms. The number of hydrogen-bond acceptors (Lipinski definition) is 3. The van der Waals surface area contributed by atoms with Crippen molar-refractivity contribution in [1.29, 1.82) is 0 Å². The van der Waals surface area contributed by atoms with Crippen LogP contribution in [0.1, 0.15) is 23.0 Å². The van der Waals surface area contributed by atoms with Crippen LogP contribution in [0, 0.1) is 6.92 Å². The van der Waals surface area contributed by atoms with Crippen molar-refractivity contribution in [3.63, 3.8) is 0 Å². The highest BCUT2D eigenvalue weighted by atomic mass is 79.9. The van der Waals surface area contributed by atoms with Gasteiger partial charge in [0, 0.05) is 22.3 Å². The van der Waals surface area contributed by atoms with Gasteiger partial charge in [0.25, 0.3) is 0 Å². The number of carbonyl (C=O) groups excluding carboxylic acids is 1. The Morgan fingerprint density at radius 3 is 2.81 bits per heavy atom. The molecule has 0 spiro atoms. The number of Topliss-reactive ketones (excluding diaryl/α,β-unsaturated/α-hetero) is 1. The van der Waals surface area contributed by atoms with Crippen molar-refractivity contribution < 1.29 is 4.79 Å². The fraction of sp³-hybridized carbons (Fsp3) is 0.167. The topological polar surface area (TPSA) is 30.0 Å². The molecule has 0 aliphatic carbocycles. The smallest absolute Gasteiger partial charge is 0.178 e. The molecule has 1 aromatic carbocycles. The summed E-state index contributed by atoms with van der Waals surface area (Å²) in [6.07, 6.45) is 0. The van der Waals surface area contributed by atoms with Crippen LogP contribution in [0.2, 0.25) is 0 Å². The molecule has 16 heavy (non-hydrogen) atoms. The van der Waals surface area contributed by atoms with Crippen LogP contribution < -0.4 is 0 Å². The number of halogens is 1. The van der Waals surface area contributed by atoms with E-state index in [1.54, 1.807) is 5.38 Å². The molecular formula is C12H10BrNOS. The lowest BCUT2D eigenvalue weighted by Gasteiger charge is -2.02. The number of benzene rings is 1. The third-order valence-corrected chi connectivity index (χ3v) is 3.66. The van der Waals surface area contributed by atoms with Gasteiger partial charge in [0.1, 0.15) is 10.7 Å². The largest absolute Gasteiger partial charge is 0.293 e. The summed E-state index contributed by atoms with van der Waals surface area (Å²) in [7, 11) is 0. The normalized spacial score (nSPS) is 10.4. The summed E-state index contributed by atoms with van der Waals surface area (Å²) in [5, 5.41) is 2.70. The molecule has 0 atom stereocenters. The van der Waals surface area contributed by atoms with Crippen LogP contribution in [0.25, 0.3) is 10.6 Å². The van der Waals surface area contributed by atoms with E-state index in [0.29, 0.717) is 5.69 Å². The van der Waals surface area contributed by atoms with Gasteiger partial charge in [0.2, 0.25) is 0 Å². The van der Waals surface area contributed by atoms with Crippen molar-refractivity contribution in [3.05, 3.63) is 39.3 Å². The molecule has 1 aromatic heterocycles. The van der Waals surface area contributed by atoms with Gasteiger partial charge in [0.15, 0.2) is 5.78 Å². The Labute approximate surface area is 106 Å². The Bertz CT molecular complexity index is 548. The Kier molecular flexibility index (Phi) is 3.21. The summed E-state index contributed by atoms with van der Waals surface area (Å²) in [6.45, 7) is 3.57. The van der Waals surface area contributed by atoms with E-state index in [1.807, 2.05) is 25.1 Å². The first-order valence-corrected chi connectivity index (χ1v) is 6.48. The lowest BCUT2D eigenvalue weighted by atomic mass is 10.1. The number of ketones is 1. The summed E-state index contributed by atoms with van der Waals surface area (Å²) in [4.78, 5) is 15.5. The van der Waals surface area contributed by atoms with E-state index in [0.717, 1.165) is 20.6 Å². The SMILES string of the molecule is CC(=O)c1csc(-c2cc(Br)ccc2C)n1. The number of nitrogens with zero attached hydrogens (tertiary/aromatic N) is 1. The zero-order valence-corrected chi connectivity index (χ0v) is 11.4. The lowest BCUT2D eigenvalue weighted by Crippen LogP contribution is -1.91. The van der Waals surface area contributed by atoms with Crippen LogP contribution in [-0.4, -0.2) is 10.8 Å². The molecule has 4 heteroatoms. The van der Waals surface area contributed by atoms with Crippen LogP contribution >= 0.6 is 27.3 Å². The Hall–Kier alpha value is -1.00. The minimum Gasteiger partial charge on any atom is -0.293 e. The van der Waals surface area contributed by atoms with E-state index >= 15 is 0 Å². The van der Waals surface area contributed by atoms with Gasteiger partial charge < -0.3 is 0 Å². The van der Waals surface area contributed by atoms with Gasteiger partial charge in [-0.15, -0.1) is 11.3 Å². The first-order valence-electron chi connectivity index (χ1n) is 4.81. The molecule has 0 saturated heterocycles. The van der Waals surface area contributed by atoms with Crippen molar-refractivity contribution >= 4 is 33.0 Å². The first kappa shape index (κ1) is 11.5. The van der Waals surface area contributed by atoms with Gasteiger partial charge in [-0.05, 0) is 24.6 Å². The number of aryl methyl sites for hydroxylation is 1. The summed E-state index contributed by atoms with van der Waals surface area (Å²) >= 11 is 4.94. The van der Waals surface area contributed by atoms with E-state index in [9.17, 15) is 4.79 Å². The molecule has 82 valence electrons. The van der Waals surface area contributed by atoms with Gasteiger partial charge in [-0.1, -0.05) is 22.0 Å². The third-order valence-electron chi connectivity index (χ3n) is 2.29.